The maximum absolute atomic E-state index is 12.2. The molecule has 0 spiro atoms. The molecule has 0 aliphatic rings. The molecule has 0 unspecified atom stereocenters. The third-order valence-electron chi connectivity index (χ3n) is 3.66. The molecule has 0 bridgehead atoms. The number of anilines is 2. The lowest BCUT2D eigenvalue weighted by atomic mass is 10.2. The molecular formula is C24H30ClN3OS. The van der Waals surface area contributed by atoms with E-state index in [1.54, 1.807) is 12.3 Å². The lowest BCUT2D eigenvalue weighted by Crippen LogP contribution is -2.13. The van der Waals surface area contributed by atoms with Crippen LogP contribution in [0.25, 0.3) is 0 Å². The predicted octanol–water partition coefficient (Wildman–Crippen LogP) is 7.78. The second kappa shape index (κ2) is 13.7. The van der Waals surface area contributed by atoms with E-state index >= 15 is 0 Å². The summed E-state index contributed by atoms with van der Waals surface area (Å²) in [6.45, 7) is 11.9. The van der Waals surface area contributed by atoms with Gasteiger partial charge in [-0.25, -0.2) is 0 Å². The number of amides is 1. The Hall–Kier alpha value is -2.50. The minimum Gasteiger partial charge on any atom is -0.324 e. The zero-order chi connectivity index (χ0) is 22.5. The molecule has 0 saturated heterocycles. The lowest BCUT2D eigenvalue weighted by Gasteiger charge is -2.09. The summed E-state index contributed by atoms with van der Waals surface area (Å²) < 4.78 is 3.24. The van der Waals surface area contributed by atoms with Crippen LogP contribution in [-0.4, -0.2) is 10.9 Å². The van der Waals surface area contributed by atoms with E-state index in [9.17, 15) is 4.79 Å². The van der Waals surface area contributed by atoms with Crippen LogP contribution in [0.2, 0.25) is 5.02 Å². The first kappa shape index (κ1) is 25.5. The van der Waals surface area contributed by atoms with Crippen molar-refractivity contribution in [3.05, 3.63) is 82.6 Å². The van der Waals surface area contributed by atoms with E-state index in [0.717, 1.165) is 27.4 Å². The highest BCUT2D eigenvalue weighted by molar-refractivity contribution is 8.00. The summed E-state index contributed by atoms with van der Waals surface area (Å²) in [6.07, 6.45) is 1.63. The summed E-state index contributed by atoms with van der Waals surface area (Å²) >= 11 is 7.68. The van der Waals surface area contributed by atoms with E-state index < -0.39 is 0 Å². The maximum atomic E-state index is 12.2. The molecule has 3 aromatic rings. The molecule has 160 valence electrons. The topological polar surface area (TPSA) is 54.0 Å². The number of benzene rings is 2. The van der Waals surface area contributed by atoms with Crippen LogP contribution in [0.5, 0.6) is 0 Å². The number of pyridine rings is 1. The summed E-state index contributed by atoms with van der Waals surface area (Å²) in [4.78, 5) is 17.3. The van der Waals surface area contributed by atoms with Gasteiger partial charge < -0.3 is 10.0 Å². The van der Waals surface area contributed by atoms with Crippen molar-refractivity contribution in [3.63, 3.8) is 0 Å². The minimum atomic E-state index is -0.223. The molecule has 0 atom stereocenters. The van der Waals surface area contributed by atoms with Gasteiger partial charge in [0, 0.05) is 16.8 Å². The molecule has 0 aliphatic carbocycles. The number of aromatic nitrogens is 1. The minimum absolute atomic E-state index is 0.223. The molecule has 0 radical (unpaired) electrons. The fraction of sp³-hybridized carbons (Fsp3) is 0.250. The van der Waals surface area contributed by atoms with Gasteiger partial charge in [0.1, 0.15) is 5.69 Å². The zero-order valence-electron chi connectivity index (χ0n) is 18.4. The molecule has 2 aromatic carbocycles. The van der Waals surface area contributed by atoms with Crippen LogP contribution in [0.4, 0.5) is 11.4 Å². The Morgan fingerprint density at radius 3 is 2.13 bits per heavy atom. The molecule has 1 amide bonds. The van der Waals surface area contributed by atoms with Crippen LogP contribution in [0.3, 0.4) is 0 Å². The van der Waals surface area contributed by atoms with Crippen molar-refractivity contribution in [2.45, 2.75) is 46.4 Å². The van der Waals surface area contributed by atoms with Crippen LogP contribution >= 0.6 is 23.5 Å². The molecule has 1 aromatic heterocycles. The molecule has 2 N–H and O–H groups in total. The van der Waals surface area contributed by atoms with Crippen LogP contribution in [0, 0.1) is 13.8 Å². The van der Waals surface area contributed by atoms with E-state index in [1.807, 2.05) is 90.1 Å². The van der Waals surface area contributed by atoms with Crippen LogP contribution in [-0.2, 0) is 0 Å². The lowest BCUT2D eigenvalue weighted by molar-refractivity contribution is 0.102. The van der Waals surface area contributed by atoms with E-state index in [4.69, 9.17) is 11.6 Å². The second-order valence-electron chi connectivity index (χ2n) is 5.88. The van der Waals surface area contributed by atoms with Gasteiger partial charge in [-0.15, -0.1) is 0 Å². The Morgan fingerprint density at radius 2 is 1.53 bits per heavy atom. The van der Waals surface area contributed by atoms with Gasteiger partial charge in [-0.2, -0.15) is 0 Å². The third-order valence-corrected chi connectivity index (χ3v) is 4.81. The zero-order valence-corrected chi connectivity index (χ0v) is 20.0. The van der Waals surface area contributed by atoms with E-state index in [1.165, 1.54) is 11.9 Å². The van der Waals surface area contributed by atoms with Crippen LogP contribution in [0.1, 0.15) is 49.3 Å². The number of carbonyl (C=O) groups excluding carboxylic acids is 1. The first-order chi connectivity index (χ1) is 14.5. The number of carbonyl (C=O) groups is 1. The Bertz CT molecular complexity index is 930. The highest BCUT2D eigenvalue weighted by Crippen LogP contribution is 2.28. The van der Waals surface area contributed by atoms with Gasteiger partial charge in [0.2, 0.25) is 0 Å². The Morgan fingerprint density at radius 1 is 0.900 bits per heavy atom. The quantitative estimate of drug-likeness (QED) is 0.395. The van der Waals surface area contributed by atoms with Crippen molar-refractivity contribution in [1.29, 1.82) is 0 Å². The average Bonchev–Trinajstić information content (AvgIpc) is 2.77. The molecule has 6 heteroatoms. The summed E-state index contributed by atoms with van der Waals surface area (Å²) in [6, 6.07) is 17.1. The molecule has 1 heterocycles. The largest absolute Gasteiger partial charge is 0.324 e. The van der Waals surface area contributed by atoms with Crippen molar-refractivity contribution in [3.8, 4) is 0 Å². The molecule has 3 rings (SSSR count). The molecule has 30 heavy (non-hydrogen) atoms. The molecule has 0 saturated carbocycles. The summed E-state index contributed by atoms with van der Waals surface area (Å²) in [5.41, 5.74) is 4.10. The molecule has 0 aliphatic heterocycles. The normalized spacial score (nSPS) is 9.43. The number of nitrogens with one attached hydrogen (secondary N) is 2. The van der Waals surface area contributed by atoms with Crippen LogP contribution < -0.4 is 10.0 Å². The SMILES string of the molecule is CC.CC.Cc1ccnc(C(=O)Nc2ccc(SNc3ccc(C)cc3Cl)cc2)c1. The maximum Gasteiger partial charge on any atom is 0.274 e. The van der Waals surface area contributed by atoms with Gasteiger partial charge in [0.15, 0.2) is 0 Å². The highest BCUT2D eigenvalue weighted by atomic mass is 35.5. The smallest absolute Gasteiger partial charge is 0.274 e. The Kier molecular flexibility index (Phi) is 11.6. The average molecular weight is 444 g/mol. The number of nitrogens with zero attached hydrogens (tertiary/aromatic N) is 1. The van der Waals surface area contributed by atoms with Crippen molar-refractivity contribution in [2.75, 3.05) is 10.0 Å². The number of rotatable bonds is 5. The van der Waals surface area contributed by atoms with Gasteiger partial charge in [0.05, 0.1) is 10.7 Å². The first-order valence-corrected chi connectivity index (χ1v) is 11.2. The monoisotopic (exact) mass is 443 g/mol. The van der Waals surface area contributed by atoms with Gasteiger partial charge in [0.25, 0.3) is 5.91 Å². The van der Waals surface area contributed by atoms with E-state index in [-0.39, 0.29) is 5.91 Å². The van der Waals surface area contributed by atoms with Crippen molar-refractivity contribution in [2.24, 2.45) is 0 Å². The third kappa shape index (κ3) is 8.09. The molecule has 0 fully saturated rings. The Balaban J connectivity index is 0.00000106. The number of aryl methyl sites for hydroxylation is 2. The standard InChI is InChI=1S/C20H18ClN3OS.2C2H6/c1-13-3-8-18(17(21)11-13)24-26-16-6-4-15(5-7-16)23-20(25)19-12-14(2)9-10-22-19;2*1-2/h3-12,24H,1-2H3,(H,23,25);2*1-2H3. The summed E-state index contributed by atoms with van der Waals surface area (Å²) in [5.74, 6) is -0.223. The van der Waals surface area contributed by atoms with E-state index in [0.29, 0.717) is 10.7 Å². The van der Waals surface area contributed by atoms with E-state index in [2.05, 4.69) is 15.0 Å². The summed E-state index contributed by atoms with van der Waals surface area (Å²) in [5, 5.41) is 3.54. The van der Waals surface area contributed by atoms with Crippen molar-refractivity contribution < 1.29 is 4.79 Å². The van der Waals surface area contributed by atoms with Crippen molar-refractivity contribution in [1.82, 2.24) is 4.98 Å². The van der Waals surface area contributed by atoms with Gasteiger partial charge >= 0.3 is 0 Å². The molecule has 4 nitrogen and oxygen atoms in total. The predicted molar refractivity (Wildman–Crippen MR) is 132 cm³/mol. The fourth-order valence-corrected chi connectivity index (χ4v) is 3.29. The van der Waals surface area contributed by atoms with Crippen molar-refractivity contribution >= 4 is 40.8 Å². The Labute approximate surface area is 189 Å². The first-order valence-electron chi connectivity index (χ1n) is 10.0. The number of halogens is 1. The number of hydrogen-bond acceptors (Lipinski definition) is 4. The van der Waals surface area contributed by atoms with Gasteiger partial charge in [-0.05, 0) is 85.5 Å². The van der Waals surface area contributed by atoms with Gasteiger partial charge in [-0.3, -0.25) is 9.78 Å². The second-order valence-corrected chi connectivity index (χ2v) is 7.17. The fourth-order valence-electron chi connectivity index (χ4n) is 2.28. The van der Waals surface area contributed by atoms with Crippen LogP contribution in [0.15, 0.2) is 65.7 Å². The van der Waals surface area contributed by atoms with Gasteiger partial charge in [-0.1, -0.05) is 45.4 Å². The summed E-state index contributed by atoms with van der Waals surface area (Å²) in [7, 11) is 0. The highest BCUT2D eigenvalue weighted by Gasteiger charge is 2.08. The number of hydrogen-bond donors (Lipinski definition) is 2. The molecular weight excluding hydrogens is 414 g/mol.